The summed E-state index contributed by atoms with van der Waals surface area (Å²) < 4.78 is 0. The van der Waals surface area contributed by atoms with Crippen LogP contribution in [-0.2, 0) is 9.59 Å². The van der Waals surface area contributed by atoms with E-state index in [1.807, 2.05) is 0 Å². The van der Waals surface area contributed by atoms with Crippen molar-refractivity contribution in [3.8, 4) is 0 Å². The SMILES string of the molecule is C[C@]1(N(O)C=C2C=CC=CC2=O)CCCCC1=O. The standard InChI is InChI=1S/C14H17NO3/c1-14(9-5-4-8-13(14)17)15(18)10-11-6-2-3-7-12(11)16/h2-3,6-7,10,18H,4-5,8-9H2,1H3/t14-/m0/s1. The van der Waals surface area contributed by atoms with Crippen molar-refractivity contribution < 1.29 is 14.8 Å². The second kappa shape index (κ2) is 4.90. The van der Waals surface area contributed by atoms with Gasteiger partial charge in [-0.2, -0.15) is 0 Å². The van der Waals surface area contributed by atoms with Crippen LogP contribution in [0.5, 0.6) is 0 Å². The van der Waals surface area contributed by atoms with Crippen LogP contribution in [0.25, 0.3) is 0 Å². The molecule has 1 N–H and O–H groups in total. The maximum absolute atomic E-state index is 11.9. The number of allylic oxidation sites excluding steroid dienone is 5. The molecule has 0 spiro atoms. The normalized spacial score (nSPS) is 30.0. The Bertz CT molecular complexity index is 462. The summed E-state index contributed by atoms with van der Waals surface area (Å²) in [5.41, 5.74) is -0.514. The van der Waals surface area contributed by atoms with E-state index in [-0.39, 0.29) is 11.6 Å². The summed E-state index contributed by atoms with van der Waals surface area (Å²) in [6.07, 6.45) is 10.7. The van der Waals surface area contributed by atoms with E-state index in [2.05, 4.69) is 0 Å². The molecule has 4 nitrogen and oxygen atoms in total. The number of carbonyl (C=O) groups excluding carboxylic acids is 2. The minimum atomic E-state index is -0.902. The first-order valence-electron chi connectivity index (χ1n) is 6.16. The van der Waals surface area contributed by atoms with E-state index in [1.165, 1.54) is 12.3 Å². The van der Waals surface area contributed by atoms with E-state index in [0.717, 1.165) is 17.9 Å². The highest BCUT2D eigenvalue weighted by molar-refractivity contribution is 6.07. The van der Waals surface area contributed by atoms with E-state index >= 15 is 0 Å². The number of nitrogens with zero attached hydrogens (tertiary/aromatic N) is 1. The first-order chi connectivity index (χ1) is 8.54. The van der Waals surface area contributed by atoms with Crippen molar-refractivity contribution in [1.82, 2.24) is 5.06 Å². The molecule has 1 fully saturated rings. The van der Waals surface area contributed by atoms with Crippen LogP contribution in [0.4, 0.5) is 0 Å². The Labute approximate surface area is 106 Å². The van der Waals surface area contributed by atoms with Crippen LogP contribution in [0.2, 0.25) is 0 Å². The molecule has 0 aliphatic heterocycles. The van der Waals surface area contributed by atoms with Gasteiger partial charge in [0.05, 0.1) is 0 Å². The third kappa shape index (κ3) is 2.29. The van der Waals surface area contributed by atoms with E-state index in [4.69, 9.17) is 0 Å². The van der Waals surface area contributed by atoms with Crippen molar-refractivity contribution in [3.05, 3.63) is 36.1 Å². The molecule has 0 radical (unpaired) electrons. The molecular formula is C14H17NO3. The fourth-order valence-corrected chi connectivity index (χ4v) is 2.27. The molecule has 2 aliphatic carbocycles. The third-order valence-electron chi connectivity index (χ3n) is 3.60. The Hall–Kier alpha value is -1.68. The highest BCUT2D eigenvalue weighted by Gasteiger charge is 2.39. The molecule has 2 rings (SSSR count). The number of carbonyl (C=O) groups is 2. The fraction of sp³-hybridized carbons (Fsp3) is 0.429. The zero-order valence-corrected chi connectivity index (χ0v) is 10.4. The Morgan fingerprint density at radius 3 is 2.67 bits per heavy atom. The van der Waals surface area contributed by atoms with Gasteiger partial charge in [0.2, 0.25) is 0 Å². The highest BCUT2D eigenvalue weighted by Crippen LogP contribution is 2.30. The van der Waals surface area contributed by atoms with Gasteiger partial charge in [0.1, 0.15) is 5.54 Å². The van der Waals surface area contributed by atoms with Gasteiger partial charge in [-0.25, -0.2) is 0 Å². The summed E-state index contributed by atoms with van der Waals surface area (Å²) in [5.74, 6) is -0.140. The number of hydrogen-bond donors (Lipinski definition) is 1. The lowest BCUT2D eigenvalue weighted by Gasteiger charge is -2.37. The van der Waals surface area contributed by atoms with Gasteiger partial charge in [0.15, 0.2) is 11.6 Å². The topological polar surface area (TPSA) is 57.6 Å². The van der Waals surface area contributed by atoms with Crippen LogP contribution in [0.1, 0.15) is 32.6 Å². The molecule has 96 valence electrons. The van der Waals surface area contributed by atoms with Crippen molar-refractivity contribution in [1.29, 1.82) is 0 Å². The third-order valence-corrected chi connectivity index (χ3v) is 3.60. The summed E-state index contributed by atoms with van der Waals surface area (Å²) in [7, 11) is 0. The van der Waals surface area contributed by atoms with Crippen molar-refractivity contribution >= 4 is 11.6 Å². The average Bonchev–Trinajstić information content (AvgIpc) is 2.36. The van der Waals surface area contributed by atoms with Crippen LogP contribution >= 0.6 is 0 Å². The minimum Gasteiger partial charge on any atom is -0.297 e. The molecule has 18 heavy (non-hydrogen) atoms. The molecule has 0 unspecified atom stereocenters. The van der Waals surface area contributed by atoms with Gasteiger partial charge >= 0.3 is 0 Å². The van der Waals surface area contributed by atoms with Crippen LogP contribution in [-0.4, -0.2) is 27.4 Å². The minimum absolute atomic E-state index is 0.0240. The monoisotopic (exact) mass is 247 g/mol. The van der Waals surface area contributed by atoms with Gasteiger partial charge in [-0.15, -0.1) is 0 Å². The zero-order valence-electron chi connectivity index (χ0n) is 10.4. The van der Waals surface area contributed by atoms with Gasteiger partial charge in [-0.05, 0) is 31.9 Å². The maximum atomic E-state index is 11.9. The van der Waals surface area contributed by atoms with Crippen LogP contribution in [0.15, 0.2) is 36.1 Å². The lowest BCUT2D eigenvalue weighted by molar-refractivity contribution is -0.162. The molecule has 0 aromatic carbocycles. The second-order valence-electron chi connectivity index (χ2n) is 4.92. The number of hydrogen-bond acceptors (Lipinski definition) is 4. The lowest BCUT2D eigenvalue weighted by atomic mass is 9.82. The van der Waals surface area contributed by atoms with E-state index < -0.39 is 5.54 Å². The molecule has 1 saturated carbocycles. The van der Waals surface area contributed by atoms with E-state index in [1.54, 1.807) is 25.2 Å². The first kappa shape index (κ1) is 12.8. The summed E-state index contributed by atoms with van der Waals surface area (Å²) in [5, 5.41) is 11.0. The van der Waals surface area contributed by atoms with Crippen LogP contribution in [0, 0.1) is 0 Å². The first-order valence-corrected chi connectivity index (χ1v) is 6.16. The fourth-order valence-electron chi connectivity index (χ4n) is 2.27. The predicted molar refractivity (Wildman–Crippen MR) is 66.9 cm³/mol. The van der Waals surface area contributed by atoms with Crippen molar-refractivity contribution in [3.63, 3.8) is 0 Å². The van der Waals surface area contributed by atoms with Gasteiger partial charge in [-0.3, -0.25) is 19.9 Å². The predicted octanol–water partition coefficient (Wildman–Crippen LogP) is 2.16. The molecular weight excluding hydrogens is 230 g/mol. The molecule has 0 bridgehead atoms. The lowest BCUT2D eigenvalue weighted by Crippen LogP contribution is -2.50. The van der Waals surface area contributed by atoms with Crippen molar-refractivity contribution in [2.45, 2.75) is 38.1 Å². The van der Waals surface area contributed by atoms with Crippen LogP contribution < -0.4 is 0 Å². The van der Waals surface area contributed by atoms with Gasteiger partial charge in [-0.1, -0.05) is 18.6 Å². The smallest absolute Gasteiger partial charge is 0.187 e. The molecule has 0 saturated heterocycles. The number of rotatable bonds is 2. The summed E-state index contributed by atoms with van der Waals surface area (Å²) in [6, 6.07) is 0. The molecule has 0 amide bonds. The summed E-state index contributed by atoms with van der Waals surface area (Å²) in [6.45, 7) is 1.72. The van der Waals surface area contributed by atoms with Gasteiger partial charge in [0.25, 0.3) is 0 Å². The largest absolute Gasteiger partial charge is 0.297 e. The highest BCUT2D eigenvalue weighted by atomic mass is 16.5. The van der Waals surface area contributed by atoms with Crippen molar-refractivity contribution in [2.75, 3.05) is 0 Å². The summed E-state index contributed by atoms with van der Waals surface area (Å²) >= 11 is 0. The van der Waals surface area contributed by atoms with Gasteiger partial charge < -0.3 is 0 Å². The molecule has 0 aromatic heterocycles. The van der Waals surface area contributed by atoms with E-state index in [0.29, 0.717) is 18.4 Å². The zero-order chi connectivity index (χ0) is 13.2. The second-order valence-corrected chi connectivity index (χ2v) is 4.92. The Balaban J connectivity index is 2.21. The number of hydroxylamine groups is 2. The Morgan fingerprint density at radius 1 is 1.28 bits per heavy atom. The number of ketones is 2. The molecule has 2 aliphatic rings. The maximum Gasteiger partial charge on any atom is 0.187 e. The van der Waals surface area contributed by atoms with E-state index in [9.17, 15) is 14.8 Å². The molecule has 0 aromatic rings. The Morgan fingerprint density at radius 2 is 2.00 bits per heavy atom. The molecule has 4 heteroatoms. The number of Topliss-reactive ketones (excluding diaryl/α,β-unsaturated/α-hetero) is 1. The van der Waals surface area contributed by atoms with Gasteiger partial charge in [0, 0.05) is 18.2 Å². The molecule has 1 atom stereocenters. The Kier molecular flexibility index (Phi) is 3.48. The average molecular weight is 247 g/mol. The van der Waals surface area contributed by atoms with Crippen LogP contribution in [0.3, 0.4) is 0 Å². The quantitative estimate of drug-likeness (QED) is 0.600. The molecule has 0 heterocycles. The summed E-state index contributed by atoms with van der Waals surface area (Å²) in [4.78, 5) is 23.5. The van der Waals surface area contributed by atoms with Crippen molar-refractivity contribution in [2.24, 2.45) is 0 Å².